The minimum atomic E-state index is 0.764. The van der Waals surface area contributed by atoms with Crippen molar-refractivity contribution in [1.82, 2.24) is 9.55 Å². The number of imidazole rings is 1. The summed E-state index contributed by atoms with van der Waals surface area (Å²) in [6.45, 7) is 3.85. The Morgan fingerprint density at radius 2 is 2.00 bits per heavy atom. The maximum Gasteiger partial charge on any atom is 0.207 e. The van der Waals surface area contributed by atoms with Gasteiger partial charge in [0.25, 0.3) is 0 Å². The maximum absolute atomic E-state index is 5.05. The molecule has 0 atom stereocenters. The molecule has 114 valence electrons. The summed E-state index contributed by atoms with van der Waals surface area (Å²) < 4.78 is 7.13. The summed E-state index contributed by atoms with van der Waals surface area (Å²) in [5, 5.41) is 3.35. The van der Waals surface area contributed by atoms with Crippen LogP contribution in [0, 0.1) is 0 Å². The molecule has 0 aliphatic rings. The third-order valence-electron chi connectivity index (χ3n) is 3.48. The van der Waals surface area contributed by atoms with Crippen molar-refractivity contribution in [1.29, 1.82) is 0 Å². The van der Waals surface area contributed by atoms with Crippen molar-refractivity contribution >= 4 is 5.95 Å². The predicted octanol–water partition coefficient (Wildman–Crippen LogP) is 3.66. The first-order valence-corrected chi connectivity index (χ1v) is 7.70. The molecule has 4 heteroatoms. The molecule has 4 nitrogen and oxygen atoms in total. The van der Waals surface area contributed by atoms with Gasteiger partial charge < -0.3 is 10.1 Å². The molecular weight excluding hydrogens is 262 g/mol. The first kappa shape index (κ1) is 15.6. The topological polar surface area (TPSA) is 39.1 Å². The van der Waals surface area contributed by atoms with Gasteiger partial charge in [0.1, 0.15) is 0 Å². The Hall–Kier alpha value is -1.81. The van der Waals surface area contributed by atoms with Crippen molar-refractivity contribution in [3.05, 3.63) is 42.2 Å². The van der Waals surface area contributed by atoms with E-state index in [0.29, 0.717) is 0 Å². The number of nitrogens with one attached hydrogen (secondary N) is 1. The quantitative estimate of drug-likeness (QED) is 0.715. The van der Waals surface area contributed by atoms with E-state index in [9.17, 15) is 0 Å². The molecule has 0 bridgehead atoms. The molecule has 0 amide bonds. The fourth-order valence-electron chi connectivity index (χ4n) is 2.26. The molecule has 1 aromatic heterocycles. The van der Waals surface area contributed by atoms with Gasteiger partial charge in [0, 0.05) is 38.3 Å². The molecule has 2 rings (SSSR count). The zero-order chi connectivity index (χ0) is 14.9. The van der Waals surface area contributed by atoms with Crippen molar-refractivity contribution in [3.8, 4) is 5.69 Å². The third kappa shape index (κ3) is 4.60. The van der Waals surface area contributed by atoms with Crippen LogP contribution in [0.3, 0.4) is 0 Å². The van der Waals surface area contributed by atoms with E-state index in [2.05, 4.69) is 46.1 Å². The molecule has 0 saturated carbocycles. The summed E-state index contributed by atoms with van der Waals surface area (Å²) in [5.74, 6) is 0.882. The van der Waals surface area contributed by atoms with Gasteiger partial charge in [-0.25, -0.2) is 4.98 Å². The summed E-state index contributed by atoms with van der Waals surface area (Å²) in [7, 11) is 1.72. The number of unbranched alkanes of at least 4 members (excludes halogenated alkanes) is 1. The summed E-state index contributed by atoms with van der Waals surface area (Å²) in [6.07, 6.45) is 8.42. The van der Waals surface area contributed by atoms with Gasteiger partial charge in [0.15, 0.2) is 0 Å². The van der Waals surface area contributed by atoms with Crippen LogP contribution in [0.5, 0.6) is 0 Å². The van der Waals surface area contributed by atoms with Crippen LogP contribution in [0.25, 0.3) is 5.69 Å². The first-order valence-electron chi connectivity index (χ1n) is 7.70. The van der Waals surface area contributed by atoms with Crippen LogP contribution in [-0.2, 0) is 11.2 Å². The first-order chi connectivity index (χ1) is 10.3. The van der Waals surface area contributed by atoms with Crippen LogP contribution in [0.2, 0.25) is 0 Å². The summed E-state index contributed by atoms with van der Waals surface area (Å²) in [6, 6.07) is 8.74. The molecule has 21 heavy (non-hydrogen) atoms. The van der Waals surface area contributed by atoms with Crippen LogP contribution in [-0.4, -0.2) is 29.8 Å². The highest BCUT2D eigenvalue weighted by Gasteiger charge is 2.04. The molecule has 0 aliphatic heterocycles. The Kier molecular flexibility index (Phi) is 6.28. The molecule has 1 heterocycles. The van der Waals surface area contributed by atoms with Gasteiger partial charge in [0.05, 0.1) is 0 Å². The standard InChI is InChI=1S/C17H25N3O/c1-3-4-6-15-7-9-16(10-8-15)20-13-12-19-17(20)18-11-5-14-21-2/h7-10,12-13H,3-6,11,14H2,1-2H3,(H,18,19). The highest BCUT2D eigenvalue weighted by Crippen LogP contribution is 2.16. The number of aryl methyl sites for hydroxylation is 1. The minimum absolute atomic E-state index is 0.764. The van der Waals surface area contributed by atoms with Crippen LogP contribution in [0.4, 0.5) is 5.95 Å². The van der Waals surface area contributed by atoms with Crippen molar-refractivity contribution in [2.45, 2.75) is 32.6 Å². The number of hydrogen-bond donors (Lipinski definition) is 1. The number of anilines is 1. The summed E-state index contributed by atoms with van der Waals surface area (Å²) >= 11 is 0. The highest BCUT2D eigenvalue weighted by molar-refractivity contribution is 5.42. The molecule has 0 radical (unpaired) electrons. The van der Waals surface area contributed by atoms with Crippen LogP contribution >= 0.6 is 0 Å². The number of ether oxygens (including phenoxy) is 1. The largest absolute Gasteiger partial charge is 0.385 e. The van der Waals surface area contributed by atoms with E-state index in [-0.39, 0.29) is 0 Å². The van der Waals surface area contributed by atoms with E-state index >= 15 is 0 Å². The number of nitrogens with zero attached hydrogens (tertiary/aromatic N) is 2. The normalized spacial score (nSPS) is 10.8. The monoisotopic (exact) mass is 287 g/mol. The van der Waals surface area contributed by atoms with Gasteiger partial charge in [-0.05, 0) is 37.0 Å². The van der Waals surface area contributed by atoms with Crippen molar-refractivity contribution < 1.29 is 4.74 Å². The lowest BCUT2D eigenvalue weighted by Gasteiger charge is -2.10. The van der Waals surface area contributed by atoms with E-state index in [1.165, 1.54) is 18.4 Å². The van der Waals surface area contributed by atoms with Gasteiger partial charge in [0.2, 0.25) is 5.95 Å². The molecule has 2 aromatic rings. The van der Waals surface area contributed by atoms with Crippen molar-refractivity contribution in [3.63, 3.8) is 0 Å². The molecule has 1 N–H and O–H groups in total. The molecule has 0 aliphatic carbocycles. The number of methoxy groups -OCH3 is 1. The Labute approximate surface area is 127 Å². The average Bonchev–Trinajstić information content (AvgIpc) is 2.98. The van der Waals surface area contributed by atoms with Crippen molar-refractivity contribution in [2.75, 3.05) is 25.6 Å². The fraction of sp³-hybridized carbons (Fsp3) is 0.471. The van der Waals surface area contributed by atoms with Crippen LogP contribution < -0.4 is 5.32 Å². The van der Waals surface area contributed by atoms with Crippen LogP contribution in [0.15, 0.2) is 36.7 Å². The van der Waals surface area contributed by atoms with Gasteiger partial charge in [-0.15, -0.1) is 0 Å². The zero-order valence-electron chi connectivity index (χ0n) is 13.0. The Balaban J connectivity index is 1.99. The van der Waals surface area contributed by atoms with Gasteiger partial charge in [-0.2, -0.15) is 0 Å². The molecule has 1 aromatic carbocycles. The third-order valence-corrected chi connectivity index (χ3v) is 3.48. The maximum atomic E-state index is 5.05. The smallest absolute Gasteiger partial charge is 0.207 e. The Bertz CT molecular complexity index is 519. The lowest BCUT2D eigenvalue weighted by atomic mass is 10.1. The van der Waals surface area contributed by atoms with E-state index in [1.54, 1.807) is 7.11 Å². The SMILES string of the molecule is CCCCc1ccc(-n2ccnc2NCCCOC)cc1. The molecule has 0 fully saturated rings. The van der Waals surface area contributed by atoms with Crippen LogP contribution in [0.1, 0.15) is 31.7 Å². The molecule has 0 spiro atoms. The zero-order valence-corrected chi connectivity index (χ0v) is 13.0. The minimum Gasteiger partial charge on any atom is -0.385 e. The van der Waals surface area contributed by atoms with E-state index in [4.69, 9.17) is 4.74 Å². The Morgan fingerprint density at radius 3 is 2.71 bits per heavy atom. The number of rotatable bonds is 9. The second kappa shape index (κ2) is 8.47. The number of benzene rings is 1. The number of aromatic nitrogens is 2. The van der Waals surface area contributed by atoms with Gasteiger partial charge in [-0.3, -0.25) is 4.57 Å². The average molecular weight is 287 g/mol. The Morgan fingerprint density at radius 1 is 1.19 bits per heavy atom. The highest BCUT2D eigenvalue weighted by atomic mass is 16.5. The lowest BCUT2D eigenvalue weighted by Crippen LogP contribution is -2.09. The van der Waals surface area contributed by atoms with E-state index < -0.39 is 0 Å². The second-order valence-corrected chi connectivity index (χ2v) is 5.16. The van der Waals surface area contributed by atoms with E-state index in [0.717, 1.165) is 37.6 Å². The molecule has 0 unspecified atom stereocenters. The number of hydrogen-bond acceptors (Lipinski definition) is 3. The second-order valence-electron chi connectivity index (χ2n) is 5.16. The van der Waals surface area contributed by atoms with E-state index in [1.807, 2.05) is 12.4 Å². The summed E-state index contributed by atoms with van der Waals surface area (Å²) in [5.41, 5.74) is 2.54. The molecule has 0 saturated heterocycles. The van der Waals surface area contributed by atoms with Gasteiger partial charge in [-0.1, -0.05) is 25.5 Å². The lowest BCUT2D eigenvalue weighted by molar-refractivity contribution is 0.197. The predicted molar refractivity (Wildman–Crippen MR) is 87.2 cm³/mol. The van der Waals surface area contributed by atoms with Crippen molar-refractivity contribution in [2.24, 2.45) is 0 Å². The molecular formula is C17H25N3O. The summed E-state index contributed by atoms with van der Waals surface area (Å²) in [4.78, 5) is 4.37. The van der Waals surface area contributed by atoms with Gasteiger partial charge >= 0.3 is 0 Å². The fourth-order valence-corrected chi connectivity index (χ4v) is 2.26.